The Morgan fingerprint density at radius 3 is 2.19 bits per heavy atom. The number of halogens is 1. The van der Waals surface area contributed by atoms with Gasteiger partial charge >= 0.3 is 0 Å². The molecule has 6 heteroatoms. The average Bonchev–Trinajstić information content (AvgIpc) is 2.85. The Hall–Kier alpha value is -3.31. The van der Waals surface area contributed by atoms with Gasteiger partial charge in [0.2, 0.25) is 11.8 Å². The second-order valence-electron chi connectivity index (χ2n) is 10.4. The number of aryl methyl sites for hydroxylation is 1. The molecule has 0 fully saturated rings. The summed E-state index contributed by atoms with van der Waals surface area (Å²) in [5, 5.41) is 3.71. The fraction of sp³-hybridized carbons (Fsp3) is 0.355. The zero-order valence-electron chi connectivity index (χ0n) is 22.2. The van der Waals surface area contributed by atoms with Crippen LogP contribution in [0, 0.1) is 6.92 Å². The van der Waals surface area contributed by atoms with Crippen molar-refractivity contribution in [1.82, 2.24) is 10.2 Å². The molecule has 3 aromatic rings. The van der Waals surface area contributed by atoms with Crippen LogP contribution in [-0.2, 0) is 22.6 Å². The van der Waals surface area contributed by atoms with E-state index in [4.69, 9.17) is 16.3 Å². The summed E-state index contributed by atoms with van der Waals surface area (Å²) in [6.07, 6.45) is 1.23. The summed E-state index contributed by atoms with van der Waals surface area (Å²) in [6, 6.07) is 24.4. The van der Waals surface area contributed by atoms with E-state index in [1.54, 1.807) is 17.0 Å². The number of rotatable bonds is 11. The van der Waals surface area contributed by atoms with Gasteiger partial charge in [-0.05, 0) is 69.5 Å². The molecule has 0 aliphatic rings. The molecule has 0 aliphatic heterocycles. The molecule has 0 bridgehead atoms. The van der Waals surface area contributed by atoms with Crippen LogP contribution in [0.15, 0.2) is 78.9 Å². The minimum Gasteiger partial charge on any atom is -0.494 e. The lowest BCUT2D eigenvalue weighted by molar-refractivity contribution is -0.142. The topological polar surface area (TPSA) is 58.6 Å². The number of benzene rings is 3. The maximum absolute atomic E-state index is 13.6. The third-order valence-corrected chi connectivity index (χ3v) is 6.11. The summed E-state index contributed by atoms with van der Waals surface area (Å²) in [5.41, 5.74) is 2.64. The van der Waals surface area contributed by atoms with Gasteiger partial charge in [0.15, 0.2) is 0 Å². The molecule has 5 nitrogen and oxygen atoms in total. The van der Waals surface area contributed by atoms with E-state index in [-0.39, 0.29) is 18.2 Å². The first-order valence-electron chi connectivity index (χ1n) is 12.7. The molecule has 1 N–H and O–H groups in total. The van der Waals surface area contributed by atoms with E-state index in [1.807, 2.05) is 94.4 Å². The Labute approximate surface area is 225 Å². The molecule has 3 aromatic carbocycles. The van der Waals surface area contributed by atoms with Crippen molar-refractivity contribution in [3.8, 4) is 5.75 Å². The molecule has 196 valence electrons. The fourth-order valence-corrected chi connectivity index (χ4v) is 4.11. The number of hydrogen-bond donors (Lipinski definition) is 1. The molecule has 0 saturated heterocycles. The number of amides is 2. The van der Waals surface area contributed by atoms with E-state index in [0.29, 0.717) is 31.0 Å². The lowest BCUT2D eigenvalue weighted by atomic mass is 10.00. The zero-order chi connectivity index (χ0) is 26.8. The highest BCUT2D eigenvalue weighted by Crippen LogP contribution is 2.19. The summed E-state index contributed by atoms with van der Waals surface area (Å²) in [7, 11) is 0. The van der Waals surface area contributed by atoms with Crippen LogP contribution in [0.1, 0.15) is 50.3 Å². The standard InChI is InChI=1S/C31H37ClN2O3/c1-23-12-18-27(19-13-23)37-20-8-11-29(35)34(22-25-14-16-26(32)17-15-25)28(30(36)33-31(2,3)4)21-24-9-6-5-7-10-24/h5-7,9-10,12-19,28H,8,11,20-22H2,1-4H3,(H,33,36)/t28-/m0/s1. The van der Waals surface area contributed by atoms with E-state index >= 15 is 0 Å². The van der Waals surface area contributed by atoms with Crippen molar-refractivity contribution >= 4 is 23.4 Å². The number of nitrogens with zero attached hydrogens (tertiary/aromatic N) is 1. The molecule has 3 rings (SSSR count). The predicted octanol–water partition coefficient (Wildman–Crippen LogP) is 6.36. The van der Waals surface area contributed by atoms with Crippen LogP contribution >= 0.6 is 11.6 Å². The summed E-state index contributed by atoms with van der Waals surface area (Å²) in [4.78, 5) is 28.9. The van der Waals surface area contributed by atoms with Crippen molar-refractivity contribution in [2.75, 3.05) is 6.61 Å². The highest BCUT2D eigenvalue weighted by molar-refractivity contribution is 6.30. The second kappa shape index (κ2) is 13.3. The SMILES string of the molecule is Cc1ccc(OCCCC(=O)N(Cc2ccc(Cl)cc2)[C@@H](Cc2ccccc2)C(=O)NC(C)(C)C)cc1. The number of ether oxygens (including phenoxy) is 1. The minimum atomic E-state index is -0.664. The fourth-order valence-electron chi connectivity index (χ4n) is 3.98. The highest BCUT2D eigenvalue weighted by Gasteiger charge is 2.32. The summed E-state index contributed by atoms with van der Waals surface area (Å²) < 4.78 is 5.83. The third kappa shape index (κ3) is 9.58. The Kier molecular flexibility index (Phi) is 10.2. The van der Waals surface area contributed by atoms with E-state index in [0.717, 1.165) is 16.9 Å². The van der Waals surface area contributed by atoms with Gasteiger partial charge in [-0.1, -0.05) is 71.8 Å². The summed E-state index contributed by atoms with van der Waals surface area (Å²) >= 11 is 6.09. The number of carbonyl (C=O) groups is 2. The van der Waals surface area contributed by atoms with E-state index in [1.165, 1.54) is 5.56 Å². The van der Waals surface area contributed by atoms with Crippen LogP contribution in [-0.4, -0.2) is 34.9 Å². The van der Waals surface area contributed by atoms with Gasteiger partial charge in [0.25, 0.3) is 0 Å². The Morgan fingerprint density at radius 1 is 0.919 bits per heavy atom. The first-order valence-corrected chi connectivity index (χ1v) is 13.1. The number of carbonyl (C=O) groups excluding carboxylic acids is 2. The van der Waals surface area contributed by atoms with Crippen molar-refractivity contribution in [1.29, 1.82) is 0 Å². The first-order chi connectivity index (χ1) is 17.6. The molecular formula is C31H37ClN2O3. The van der Waals surface area contributed by atoms with Crippen LogP contribution in [0.3, 0.4) is 0 Å². The molecular weight excluding hydrogens is 484 g/mol. The maximum atomic E-state index is 13.6. The molecule has 0 spiro atoms. The molecule has 1 atom stereocenters. The van der Waals surface area contributed by atoms with Gasteiger partial charge < -0.3 is 15.0 Å². The molecule has 0 radical (unpaired) electrons. The molecule has 2 amide bonds. The smallest absolute Gasteiger partial charge is 0.243 e. The predicted molar refractivity (Wildman–Crippen MR) is 150 cm³/mol. The molecule has 0 unspecified atom stereocenters. The average molecular weight is 521 g/mol. The first kappa shape index (κ1) is 28.3. The number of nitrogens with one attached hydrogen (secondary N) is 1. The molecule has 0 heterocycles. The Bertz CT molecular complexity index is 1140. The van der Waals surface area contributed by atoms with Crippen LogP contribution in [0.4, 0.5) is 0 Å². The lowest BCUT2D eigenvalue weighted by Crippen LogP contribution is -2.54. The van der Waals surface area contributed by atoms with Crippen LogP contribution in [0.5, 0.6) is 5.75 Å². The molecule has 0 aromatic heterocycles. The van der Waals surface area contributed by atoms with Crippen LogP contribution in [0.2, 0.25) is 5.02 Å². The Morgan fingerprint density at radius 2 is 1.57 bits per heavy atom. The molecule has 37 heavy (non-hydrogen) atoms. The monoisotopic (exact) mass is 520 g/mol. The normalized spacial score (nSPS) is 12.0. The van der Waals surface area contributed by atoms with E-state index in [9.17, 15) is 9.59 Å². The molecule has 0 saturated carbocycles. The van der Waals surface area contributed by atoms with Crippen molar-refractivity contribution in [3.63, 3.8) is 0 Å². The van der Waals surface area contributed by atoms with Crippen molar-refractivity contribution < 1.29 is 14.3 Å². The van der Waals surface area contributed by atoms with Gasteiger partial charge in [-0.25, -0.2) is 0 Å². The van der Waals surface area contributed by atoms with Crippen molar-refractivity contribution in [2.24, 2.45) is 0 Å². The summed E-state index contributed by atoms with van der Waals surface area (Å²) in [6.45, 7) is 8.58. The second-order valence-corrected chi connectivity index (χ2v) is 10.8. The van der Waals surface area contributed by atoms with E-state index in [2.05, 4.69) is 5.32 Å². The molecule has 0 aliphatic carbocycles. The highest BCUT2D eigenvalue weighted by atomic mass is 35.5. The zero-order valence-corrected chi connectivity index (χ0v) is 22.9. The van der Waals surface area contributed by atoms with Gasteiger partial charge in [0.05, 0.1) is 6.61 Å². The van der Waals surface area contributed by atoms with Crippen molar-refractivity contribution in [3.05, 3.63) is 101 Å². The maximum Gasteiger partial charge on any atom is 0.243 e. The van der Waals surface area contributed by atoms with Gasteiger partial charge in [-0.3, -0.25) is 9.59 Å². The van der Waals surface area contributed by atoms with Crippen molar-refractivity contribution in [2.45, 2.75) is 65.1 Å². The van der Waals surface area contributed by atoms with Crippen LogP contribution in [0.25, 0.3) is 0 Å². The van der Waals surface area contributed by atoms with Gasteiger partial charge in [-0.2, -0.15) is 0 Å². The summed E-state index contributed by atoms with van der Waals surface area (Å²) in [5.74, 6) is 0.518. The quantitative estimate of drug-likeness (QED) is 0.299. The van der Waals surface area contributed by atoms with Crippen LogP contribution < -0.4 is 10.1 Å². The lowest BCUT2D eigenvalue weighted by Gasteiger charge is -2.34. The third-order valence-electron chi connectivity index (χ3n) is 5.86. The van der Waals surface area contributed by atoms with Gasteiger partial charge in [0.1, 0.15) is 11.8 Å². The van der Waals surface area contributed by atoms with Gasteiger partial charge in [0, 0.05) is 29.9 Å². The Balaban J connectivity index is 1.80. The minimum absolute atomic E-state index is 0.0903. The largest absolute Gasteiger partial charge is 0.494 e. The van der Waals surface area contributed by atoms with Gasteiger partial charge in [-0.15, -0.1) is 0 Å². The van der Waals surface area contributed by atoms with E-state index < -0.39 is 11.6 Å². The number of hydrogen-bond acceptors (Lipinski definition) is 3.